The molecule has 14 nitrogen and oxygen atoms in total. The van der Waals surface area contributed by atoms with Crippen molar-refractivity contribution in [2.45, 2.75) is 45.9 Å². The number of esters is 1. The van der Waals surface area contributed by atoms with Crippen LogP contribution in [-0.2, 0) is 40.5 Å². The van der Waals surface area contributed by atoms with E-state index in [4.69, 9.17) is 9.72 Å². The lowest BCUT2D eigenvalue weighted by molar-refractivity contribution is -0.763. The summed E-state index contributed by atoms with van der Waals surface area (Å²) in [5.41, 5.74) is 6.97. The van der Waals surface area contributed by atoms with Crippen LogP contribution in [0, 0.1) is 10.1 Å². The van der Waals surface area contributed by atoms with E-state index < -0.39 is 17.0 Å². The Labute approximate surface area is 286 Å². The van der Waals surface area contributed by atoms with Crippen molar-refractivity contribution in [3.05, 3.63) is 129 Å². The number of rotatable bonds is 15. The molecule has 6 rings (SSSR count). The molecule has 254 valence electrons. The maximum absolute atomic E-state index is 13.5. The number of aryl methyl sites for hydroxylation is 1. The molecule has 0 saturated carbocycles. The van der Waals surface area contributed by atoms with E-state index in [0.717, 1.165) is 47.3 Å². The van der Waals surface area contributed by atoms with Crippen molar-refractivity contribution in [1.82, 2.24) is 35.5 Å². The van der Waals surface area contributed by atoms with Gasteiger partial charge in [-0.3, -0.25) is 9.59 Å². The quantitative estimate of drug-likeness (QED) is 0.0807. The standard InChI is InChI=1S/C36H34N8O6/c1-2-3-11-32-38-31-10-6-9-30(36(46)37-20-33(45)49-22-25-12-14-26(15-13-25)23-50-44(47)48)34(31)43(32)21-24-16-18-27(19-17-24)28-7-4-5-8-29(28)35-39-41-42-40-35/h4-10,12-19H,2-3,11,20-23H2,1H3,(H,37,46)(H,39,40,41,42). The molecule has 0 radical (unpaired) electrons. The number of H-pyrrole nitrogens is 1. The maximum Gasteiger partial charge on any atom is 0.325 e. The fourth-order valence-corrected chi connectivity index (χ4v) is 5.61. The Bertz CT molecular complexity index is 2090. The maximum atomic E-state index is 13.5. The van der Waals surface area contributed by atoms with Crippen molar-refractivity contribution in [1.29, 1.82) is 0 Å². The summed E-state index contributed by atoms with van der Waals surface area (Å²) >= 11 is 0. The Kier molecular flexibility index (Phi) is 10.5. The van der Waals surface area contributed by atoms with Gasteiger partial charge in [0.2, 0.25) is 5.82 Å². The van der Waals surface area contributed by atoms with E-state index in [1.807, 2.05) is 30.3 Å². The summed E-state index contributed by atoms with van der Waals surface area (Å²) in [6.07, 6.45) is 2.68. The second kappa shape index (κ2) is 15.6. The van der Waals surface area contributed by atoms with Gasteiger partial charge in [-0.15, -0.1) is 20.3 Å². The third kappa shape index (κ3) is 7.98. The molecule has 0 bridgehead atoms. The number of aromatic amines is 1. The SMILES string of the molecule is CCCCc1nc2cccc(C(=O)NCC(=O)OCc3ccc(CO[N+](=O)[O-])cc3)c2n1Cc1ccc(-c2ccccc2-c2nn[nH]n2)cc1. The number of benzene rings is 4. The van der Waals surface area contributed by atoms with Crippen molar-refractivity contribution >= 4 is 22.9 Å². The smallest absolute Gasteiger partial charge is 0.325 e. The molecular formula is C36H34N8O6. The Morgan fingerprint density at radius 3 is 2.32 bits per heavy atom. The average Bonchev–Trinajstić information content (AvgIpc) is 3.81. The molecule has 4 aromatic carbocycles. The van der Waals surface area contributed by atoms with Crippen molar-refractivity contribution in [2.75, 3.05) is 6.54 Å². The van der Waals surface area contributed by atoms with E-state index in [0.29, 0.717) is 40.1 Å². The van der Waals surface area contributed by atoms with Crippen LogP contribution < -0.4 is 5.32 Å². The molecule has 1 amide bonds. The molecule has 0 aliphatic carbocycles. The summed E-state index contributed by atoms with van der Waals surface area (Å²) in [5.74, 6) is 0.372. The molecule has 0 aliphatic rings. The Hall–Kier alpha value is -6.44. The second-order valence-corrected chi connectivity index (χ2v) is 11.5. The monoisotopic (exact) mass is 674 g/mol. The minimum atomic E-state index is -0.857. The number of carbonyl (C=O) groups is 2. The highest BCUT2D eigenvalue weighted by Crippen LogP contribution is 2.30. The highest BCUT2D eigenvalue weighted by Gasteiger charge is 2.20. The van der Waals surface area contributed by atoms with Gasteiger partial charge >= 0.3 is 5.97 Å². The largest absolute Gasteiger partial charge is 0.460 e. The Balaban J connectivity index is 1.16. The third-order valence-electron chi connectivity index (χ3n) is 8.12. The van der Waals surface area contributed by atoms with Gasteiger partial charge in [0, 0.05) is 18.5 Å². The first-order chi connectivity index (χ1) is 24.4. The van der Waals surface area contributed by atoms with Crippen molar-refractivity contribution in [3.63, 3.8) is 0 Å². The number of imidazole rings is 1. The minimum absolute atomic E-state index is 0.0182. The number of unbranched alkanes of at least 4 members (excludes halogenated alkanes) is 1. The van der Waals surface area contributed by atoms with E-state index in [2.05, 4.69) is 66.5 Å². The number of nitrogens with zero attached hydrogens (tertiary/aromatic N) is 6. The van der Waals surface area contributed by atoms with Crippen LogP contribution >= 0.6 is 0 Å². The molecule has 50 heavy (non-hydrogen) atoms. The first kappa shape index (κ1) is 33.5. The summed E-state index contributed by atoms with van der Waals surface area (Å²) in [7, 11) is 0. The highest BCUT2D eigenvalue weighted by atomic mass is 16.9. The van der Waals surface area contributed by atoms with Crippen molar-refractivity contribution in [3.8, 4) is 22.5 Å². The molecule has 0 aliphatic heterocycles. The second-order valence-electron chi connectivity index (χ2n) is 11.5. The first-order valence-corrected chi connectivity index (χ1v) is 16.1. The van der Waals surface area contributed by atoms with Gasteiger partial charge in [-0.05, 0) is 51.6 Å². The lowest BCUT2D eigenvalue weighted by atomic mass is 9.98. The lowest BCUT2D eigenvalue weighted by Crippen LogP contribution is -2.31. The van der Waals surface area contributed by atoms with Gasteiger partial charge in [-0.25, -0.2) is 4.98 Å². The molecule has 2 heterocycles. The molecule has 0 fully saturated rings. The lowest BCUT2D eigenvalue weighted by Gasteiger charge is -2.13. The number of amides is 1. The number of ether oxygens (including phenoxy) is 1. The number of tetrazole rings is 1. The molecule has 0 unspecified atom stereocenters. The normalized spacial score (nSPS) is 11.0. The molecule has 0 saturated heterocycles. The number of aromatic nitrogens is 6. The third-order valence-corrected chi connectivity index (χ3v) is 8.12. The predicted molar refractivity (Wildman–Crippen MR) is 183 cm³/mol. The van der Waals surface area contributed by atoms with Crippen LogP contribution in [0.4, 0.5) is 0 Å². The van der Waals surface area contributed by atoms with Crippen LogP contribution in [0.3, 0.4) is 0 Å². The summed E-state index contributed by atoms with van der Waals surface area (Å²) < 4.78 is 7.42. The van der Waals surface area contributed by atoms with Gasteiger partial charge in [0.05, 0.1) is 16.6 Å². The van der Waals surface area contributed by atoms with Gasteiger partial charge in [0.25, 0.3) is 11.0 Å². The van der Waals surface area contributed by atoms with E-state index in [1.165, 1.54) is 0 Å². The average molecular weight is 675 g/mol. The molecule has 2 aromatic heterocycles. The Morgan fingerprint density at radius 1 is 0.900 bits per heavy atom. The minimum Gasteiger partial charge on any atom is -0.460 e. The van der Waals surface area contributed by atoms with E-state index in [-0.39, 0.29) is 19.8 Å². The van der Waals surface area contributed by atoms with Gasteiger partial charge < -0.3 is 19.5 Å². The van der Waals surface area contributed by atoms with Crippen LogP contribution in [0.2, 0.25) is 0 Å². The highest BCUT2D eigenvalue weighted by molar-refractivity contribution is 6.06. The molecule has 14 heteroatoms. The van der Waals surface area contributed by atoms with Gasteiger partial charge in [0.15, 0.2) is 0 Å². The van der Waals surface area contributed by atoms with E-state index in [1.54, 1.807) is 36.4 Å². The summed E-state index contributed by atoms with van der Waals surface area (Å²) in [5, 5.41) is 26.7. The van der Waals surface area contributed by atoms with Gasteiger partial charge in [-0.1, -0.05) is 92.2 Å². The predicted octanol–water partition coefficient (Wildman–Crippen LogP) is 5.46. The number of para-hydroxylation sites is 1. The number of nitrogens with one attached hydrogen (secondary N) is 2. The van der Waals surface area contributed by atoms with Crippen LogP contribution in [0.1, 0.15) is 52.6 Å². The molecule has 0 spiro atoms. The summed E-state index contributed by atoms with van der Waals surface area (Å²) in [4.78, 5) is 45.7. The zero-order valence-electron chi connectivity index (χ0n) is 27.2. The number of fused-ring (bicyclic) bond motifs is 1. The number of hydrogen-bond donors (Lipinski definition) is 2. The molecule has 2 N–H and O–H groups in total. The van der Waals surface area contributed by atoms with Gasteiger partial charge in [-0.2, -0.15) is 5.21 Å². The zero-order valence-corrected chi connectivity index (χ0v) is 27.2. The summed E-state index contributed by atoms with van der Waals surface area (Å²) in [6.45, 7) is 2.10. The molecule has 0 atom stereocenters. The van der Waals surface area contributed by atoms with E-state index in [9.17, 15) is 19.7 Å². The van der Waals surface area contributed by atoms with Crippen molar-refractivity contribution < 1.29 is 24.3 Å². The van der Waals surface area contributed by atoms with E-state index >= 15 is 0 Å². The fraction of sp³-hybridized carbons (Fsp3) is 0.222. The van der Waals surface area contributed by atoms with Crippen LogP contribution in [0.15, 0.2) is 91.0 Å². The first-order valence-electron chi connectivity index (χ1n) is 16.1. The number of carbonyl (C=O) groups excluding carboxylic acids is 2. The summed E-state index contributed by atoms with van der Waals surface area (Å²) in [6, 6.07) is 28.2. The van der Waals surface area contributed by atoms with Crippen molar-refractivity contribution in [2.24, 2.45) is 0 Å². The van der Waals surface area contributed by atoms with Gasteiger partial charge in [0.1, 0.15) is 25.6 Å². The fourth-order valence-electron chi connectivity index (χ4n) is 5.61. The van der Waals surface area contributed by atoms with Crippen LogP contribution in [-0.4, -0.2) is 53.7 Å². The zero-order chi connectivity index (χ0) is 34.9. The number of hydrogen-bond acceptors (Lipinski definition) is 10. The molecular weight excluding hydrogens is 640 g/mol. The van der Waals surface area contributed by atoms with Crippen LogP contribution in [0.25, 0.3) is 33.5 Å². The molecule has 6 aromatic rings. The van der Waals surface area contributed by atoms with Crippen LogP contribution in [0.5, 0.6) is 0 Å². The Morgan fingerprint density at radius 2 is 1.62 bits per heavy atom. The topological polar surface area (TPSA) is 180 Å².